The lowest BCUT2D eigenvalue weighted by atomic mass is 10.2. The van der Waals surface area contributed by atoms with Gasteiger partial charge in [0.2, 0.25) is 0 Å². The summed E-state index contributed by atoms with van der Waals surface area (Å²) >= 11 is 0. The normalized spacial score (nSPS) is 10.8. The minimum absolute atomic E-state index is 0.281. The van der Waals surface area contributed by atoms with Crippen LogP contribution in [0, 0.1) is 5.82 Å². The number of rotatable bonds is 1. The van der Waals surface area contributed by atoms with Crippen LogP contribution in [-0.4, -0.2) is 9.97 Å². The highest BCUT2D eigenvalue weighted by atomic mass is 19.1. The zero-order chi connectivity index (χ0) is 8.55. The number of pyridine rings is 1. The SMILES string of the molecule is CCc1c[nH]c2ncc(F)cc12. The Morgan fingerprint density at radius 2 is 2.42 bits per heavy atom. The predicted octanol–water partition coefficient (Wildman–Crippen LogP) is 2.26. The Labute approximate surface area is 69.4 Å². The molecular weight excluding hydrogens is 155 g/mol. The summed E-state index contributed by atoms with van der Waals surface area (Å²) in [6.45, 7) is 2.04. The van der Waals surface area contributed by atoms with Crippen molar-refractivity contribution in [2.75, 3.05) is 0 Å². The maximum absolute atomic E-state index is 12.8. The van der Waals surface area contributed by atoms with E-state index in [9.17, 15) is 4.39 Å². The number of H-pyrrole nitrogens is 1. The molecule has 0 amide bonds. The van der Waals surface area contributed by atoms with Gasteiger partial charge >= 0.3 is 0 Å². The second kappa shape index (κ2) is 2.59. The van der Waals surface area contributed by atoms with Crippen LogP contribution in [0.1, 0.15) is 12.5 Å². The number of hydrogen-bond acceptors (Lipinski definition) is 1. The molecule has 0 unspecified atom stereocenters. The van der Waals surface area contributed by atoms with Crippen LogP contribution in [0.2, 0.25) is 0 Å². The van der Waals surface area contributed by atoms with Gasteiger partial charge in [-0.15, -0.1) is 0 Å². The van der Waals surface area contributed by atoms with E-state index < -0.39 is 0 Å². The van der Waals surface area contributed by atoms with Gasteiger partial charge in [-0.1, -0.05) is 6.92 Å². The maximum atomic E-state index is 12.8. The van der Waals surface area contributed by atoms with Crippen molar-refractivity contribution in [3.8, 4) is 0 Å². The molecule has 3 heteroatoms. The Balaban J connectivity index is 2.75. The van der Waals surface area contributed by atoms with Gasteiger partial charge in [-0.05, 0) is 18.1 Å². The molecule has 2 nitrogen and oxygen atoms in total. The third-order valence-corrected chi connectivity index (χ3v) is 1.96. The number of nitrogens with zero attached hydrogens (tertiary/aromatic N) is 1. The second-order valence-electron chi connectivity index (χ2n) is 2.72. The van der Waals surface area contributed by atoms with Gasteiger partial charge in [0, 0.05) is 11.6 Å². The summed E-state index contributed by atoms with van der Waals surface area (Å²) in [6.07, 6.45) is 3.99. The summed E-state index contributed by atoms with van der Waals surface area (Å²) in [7, 11) is 0. The van der Waals surface area contributed by atoms with E-state index >= 15 is 0 Å². The van der Waals surface area contributed by atoms with Crippen molar-refractivity contribution >= 4 is 11.0 Å². The lowest BCUT2D eigenvalue weighted by Gasteiger charge is -1.92. The molecule has 0 saturated heterocycles. The lowest BCUT2D eigenvalue weighted by molar-refractivity contribution is 0.624. The van der Waals surface area contributed by atoms with E-state index in [1.54, 1.807) is 0 Å². The van der Waals surface area contributed by atoms with Gasteiger partial charge < -0.3 is 4.98 Å². The molecule has 0 fully saturated rings. The summed E-state index contributed by atoms with van der Waals surface area (Å²) in [5.41, 5.74) is 1.87. The molecule has 0 aliphatic carbocycles. The van der Waals surface area contributed by atoms with Crippen LogP contribution >= 0.6 is 0 Å². The van der Waals surface area contributed by atoms with Gasteiger partial charge in [0.05, 0.1) is 6.20 Å². The van der Waals surface area contributed by atoms with Gasteiger partial charge in [0.25, 0.3) is 0 Å². The monoisotopic (exact) mass is 164 g/mol. The Morgan fingerprint density at radius 3 is 3.17 bits per heavy atom. The first-order valence-corrected chi connectivity index (χ1v) is 3.92. The fourth-order valence-electron chi connectivity index (χ4n) is 1.32. The zero-order valence-electron chi connectivity index (χ0n) is 6.76. The topological polar surface area (TPSA) is 28.7 Å². The van der Waals surface area contributed by atoms with Crippen molar-refractivity contribution in [1.29, 1.82) is 0 Å². The molecule has 62 valence electrons. The third kappa shape index (κ3) is 0.978. The first-order valence-electron chi connectivity index (χ1n) is 3.92. The van der Waals surface area contributed by atoms with Crippen LogP contribution in [0.3, 0.4) is 0 Å². The number of nitrogens with one attached hydrogen (secondary N) is 1. The van der Waals surface area contributed by atoms with Crippen molar-refractivity contribution in [1.82, 2.24) is 9.97 Å². The van der Waals surface area contributed by atoms with Gasteiger partial charge in [0.15, 0.2) is 0 Å². The molecule has 2 aromatic heterocycles. The summed E-state index contributed by atoms with van der Waals surface area (Å²) in [5, 5.41) is 0.887. The fraction of sp³-hybridized carbons (Fsp3) is 0.222. The van der Waals surface area contributed by atoms with E-state index in [2.05, 4.69) is 9.97 Å². The molecule has 2 heterocycles. The van der Waals surface area contributed by atoms with Gasteiger partial charge in [-0.2, -0.15) is 0 Å². The predicted molar refractivity (Wildman–Crippen MR) is 45.4 cm³/mol. The highest BCUT2D eigenvalue weighted by molar-refractivity contribution is 5.79. The number of halogens is 1. The third-order valence-electron chi connectivity index (χ3n) is 1.96. The molecule has 0 atom stereocenters. The van der Waals surface area contributed by atoms with Gasteiger partial charge in [0.1, 0.15) is 11.5 Å². The van der Waals surface area contributed by atoms with Crippen LogP contribution in [0.25, 0.3) is 11.0 Å². The molecule has 0 aliphatic heterocycles. The molecule has 1 N–H and O–H groups in total. The molecule has 0 spiro atoms. The van der Waals surface area contributed by atoms with E-state index in [1.165, 1.54) is 12.3 Å². The number of aromatic nitrogens is 2. The number of aromatic amines is 1. The lowest BCUT2D eigenvalue weighted by Crippen LogP contribution is -1.81. The minimum atomic E-state index is -0.281. The van der Waals surface area contributed by atoms with Crippen LogP contribution in [-0.2, 0) is 6.42 Å². The molecule has 0 aromatic carbocycles. The van der Waals surface area contributed by atoms with Crippen LogP contribution < -0.4 is 0 Å². The summed E-state index contributed by atoms with van der Waals surface area (Å²) in [6, 6.07) is 1.51. The maximum Gasteiger partial charge on any atom is 0.142 e. The van der Waals surface area contributed by atoms with Gasteiger partial charge in [-0.25, -0.2) is 9.37 Å². The molecular formula is C9H9FN2. The molecule has 0 radical (unpaired) electrons. The Hall–Kier alpha value is -1.38. The Morgan fingerprint density at radius 1 is 1.58 bits per heavy atom. The first-order chi connectivity index (χ1) is 5.81. The smallest absolute Gasteiger partial charge is 0.142 e. The van der Waals surface area contributed by atoms with Crippen molar-refractivity contribution < 1.29 is 4.39 Å². The van der Waals surface area contributed by atoms with E-state index in [-0.39, 0.29) is 5.82 Å². The van der Waals surface area contributed by atoms with Crippen LogP contribution in [0.15, 0.2) is 18.5 Å². The highest BCUT2D eigenvalue weighted by Crippen LogP contribution is 2.17. The van der Waals surface area contributed by atoms with E-state index in [0.717, 1.165) is 23.0 Å². The number of hydrogen-bond donors (Lipinski definition) is 1. The van der Waals surface area contributed by atoms with Crippen molar-refractivity contribution in [2.45, 2.75) is 13.3 Å². The van der Waals surface area contributed by atoms with Crippen molar-refractivity contribution in [3.63, 3.8) is 0 Å². The Kier molecular flexibility index (Phi) is 1.57. The van der Waals surface area contributed by atoms with E-state index in [0.29, 0.717) is 0 Å². The molecule has 2 rings (SSSR count). The largest absolute Gasteiger partial charge is 0.346 e. The fourth-order valence-corrected chi connectivity index (χ4v) is 1.32. The molecule has 0 saturated carbocycles. The van der Waals surface area contributed by atoms with Crippen molar-refractivity contribution in [3.05, 3.63) is 29.8 Å². The average molecular weight is 164 g/mol. The molecule has 12 heavy (non-hydrogen) atoms. The second-order valence-corrected chi connectivity index (χ2v) is 2.72. The van der Waals surface area contributed by atoms with E-state index in [1.807, 2.05) is 13.1 Å². The first kappa shape index (κ1) is 7.28. The average Bonchev–Trinajstić information content (AvgIpc) is 2.46. The van der Waals surface area contributed by atoms with Crippen molar-refractivity contribution in [2.24, 2.45) is 0 Å². The standard InChI is InChI=1S/C9H9FN2/c1-2-6-4-11-9-8(6)3-7(10)5-12-9/h3-5H,2H2,1H3,(H,11,12). The van der Waals surface area contributed by atoms with Crippen LogP contribution in [0.4, 0.5) is 4.39 Å². The minimum Gasteiger partial charge on any atom is -0.346 e. The number of aryl methyl sites for hydroxylation is 1. The van der Waals surface area contributed by atoms with Gasteiger partial charge in [-0.3, -0.25) is 0 Å². The number of fused-ring (bicyclic) bond motifs is 1. The van der Waals surface area contributed by atoms with Crippen LogP contribution in [0.5, 0.6) is 0 Å². The summed E-state index contributed by atoms with van der Waals surface area (Å²) in [4.78, 5) is 6.91. The molecule has 0 aliphatic rings. The quantitative estimate of drug-likeness (QED) is 0.688. The molecule has 0 bridgehead atoms. The summed E-state index contributed by atoms with van der Waals surface area (Å²) < 4.78 is 12.8. The summed E-state index contributed by atoms with van der Waals surface area (Å²) in [5.74, 6) is -0.281. The highest BCUT2D eigenvalue weighted by Gasteiger charge is 2.02. The Bertz CT molecular complexity index is 406. The van der Waals surface area contributed by atoms with E-state index in [4.69, 9.17) is 0 Å². The molecule has 2 aromatic rings. The zero-order valence-corrected chi connectivity index (χ0v) is 6.76.